The average molecular weight is 198 g/mol. The number of nitrogens with zero attached hydrogens (tertiary/aromatic N) is 1. The Morgan fingerprint density at radius 1 is 1.29 bits per heavy atom. The van der Waals surface area contributed by atoms with Crippen molar-refractivity contribution in [2.24, 2.45) is 5.92 Å². The van der Waals surface area contributed by atoms with E-state index in [1.807, 2.05) is 18.7 Å². The molecule has 1 fully saturated rings. The Hall–Kier alpha value is -0.570. The molecule has 0 saturated carbocycles. The highest BCUT2D eigenvalue weighted by atomic mass is 16.2. The number of rotatable bonds is 4. The highest BCUT2D eigenvalue weighted by Gasteiger charge is 2.19. The SMILES string of the molecule is CCN(CC)C(=O)CC1CCNCC1. The molecular formula is C11H22N2O. The van der Waals surface area contributed by atoms with E-state index in [0.717, 1.165) is 45.4 Å². The number of amides is 1. The van der Waals surface area contributed by atoms with E-state index in [2.05, 4.69) is 5.32 Å². The fourth-order valence-electron chi connectivity index (χ4n) is 2.04. The van der Waals surface area contributed by atoms with Crippen molar-refractivity contribution in [3.63, 3.8) is 0 Å². The van der Waals surface area contributed by atoms with E-state index in [4.69, 9.17) is 0 Å². The highest BCUT2D eigenvalue weighted by Crippen LogP contribution is 2.16. The van der Waals surface area contributed by atoms with E-state index in [9.17, 15) is 4.79 Å². The Kier molecular flexibility index (Phi) is 4.94. The summed E-state index contributed by atoms with van der Waals surface area (Å²) in [5, 5.41) is 3.32. The summed E-state index contributed by atoms with van der Waals surface area (Å²) in [6, 6.07) is 0. The van der Waals surface area contributed by atoms with Crippen molar-refractivity contribution >= 4 is 5.91 Å². The molecule has 3 heteroatoms. The molecule has 1 aliphatic heterocycles. The fraction of sp³-hybridized carbons (Fsp3) is 0.909. The molecule has 3 nitrogen and oxygen atoms in total. The van der Waals surface area contributed by atoms with Crippen molar-refractivity contribution < 1.29 is 4.79 Å². The normalized spacial score (nSPS) is 18.1. The van der Waals surface area contributed by atoms with Gasteiger partial charge in [-0.3, -0.25) is 4.79 Å². The van der Waals surface area contributed by atoms with Crippen LogP contribution in [0, 0.1) is 5.92 Å². The Labute approximate surface area is 86.9 Å². The molecule has 0 aromatic carbocycles. The summed E-state index contributed by atoms with van der Waals surface area (Å²) in [6.45, 7) is 7.95. The van der Waals surface area contributed by atoms with E-state index >= 15 is 0 Å². The lowest BCUT2D eigenvalue weighted by atomic mass is 9.94. The zero-order chi connectivity index (χ0) is 10.4. The summed E-state index contributed by atoms with van der Waals surface area (Å²) in [4.78, 5) is 13.7. The summed E-state index contributed by atoms with van der Waals surface area (Å²) in [5.74, 6) is 0.950. The van der Waals surface area contributed by atoms with Gasteiger partial charge in [-0.2, -0.15) is 0 Å². The van der Waals surface area contributed by atoms with Crippen LogP contribution in [0.5, 0.6) is 0 Å². The van der Waals surface area contributed by atoms with E-state index in [0.29, 0.717) is 11.8 Å². The van der Waals surface area contributed by atoms with Crippen LogP contribution in [-0.4, -0.2) is 37.0 Å². The standard InChI is InChI=1S/C11H22N2O/c1-3-13(4-2)11(14)9-10-5-7-12-8-6-10/h10,12H,3-9H2,1-2H3. The van der Waals surface area contributed by atoms with Crippen molar-refractivity contribution in [3.8, 4) is 0 Å². The van der Waals surface area contributed by atoms with Crippen LogP contribution in [0.15, 0.2) is 0 Å². The van der Waals surface area contributed by atoms with Crippen molar-refractivity contribution in [2.45, 2.75) is 33.1 Å². The van der Waals surface area contributed by atoms with Crippen LogP contribution < -0.4 is 5.32 Å². The summed E-state index contributed by atoms with van der Waals surface area (Å²) >= 11 is 0. The maximum atomic E-state index is 11.8. The first-order chi connectivity index (χ1) is 6.77. The summed E-state index contributed by atoms with van der Waals surface area (Å²) < 4.78 is 0. The van der Waals surface area contributed by atoms with Gasteiger partial charge >= 0.3 is 0 Å². The second-order valence-electron chi connectivity index (χ2n) is 3.96. The van der Waals surface area contributed by atoms with Crippen molar-refractivity contribution in [2.75, 3.05) is 26.2 Å². The minimum Gasteiger partial charge on any atom is -0.343 e. The van der Waals surface area contributed by atoms with E-state index in [-0.39, 0.29) is 0 Å². The van der Waals surface area contributed by atoms with Gasteiger partial charge in [-0.1, -0.05) is 0 Å². The lowest BCUT2D eigenvalue weighted by Gasteiger charge is -2.25. The maximum Gasteiger partial charge on any atom is 0.222 e. The first-order valence-electron chi connectivity index (χ1n) is 5.76. The number of nitrogens with one attached hydrogen (secondary N) is 1. The van der Waals surface area contributed by atoms with Gasteiger partial charge in [0.15, 0.2) is 0 Å². The highest BCUT2D eigenvalue weighted by molar-refractivity contribution is 5.76. The molecule has 1 heterocycles. The first kappa shape index (κ1) is 11.5. The largest absolute Gasteiger partial charge is 0.343 e. The zero-order valence-corrected chi connectivity index (χ0v) is 9.38. The first-order valence-corrected chi connectivity index (χ1v) is 5.76. The number of hydrogen-bond acceptors (Lipinski definition) is 2. The number of carbonyl (C=O) groups excluding carboxylic acids is 1. The molecule has 1 rings (SSSR count). The number of piperidine rings is 1. The number of carbonyl (C=O) groups is 1. The second-order valence-corrected chi connectivity index (χ2v) is 3.96. The van der Waals surface area contributed by atoms with Gasteiger partial charge in [0.2, 0.25) is 5.91 Å². The maximum absolute atomic E-state index is 11.8. The lowest BCUT2D eigenvalue weighted by molar-refractivity contribution is -0.132. The predicted molar refractivity (Wildman–Crippen MR) is 58.1 cm³/mol. The third-order valence-electron chi connectivity index (χ3n) is 3.04. The summed E-state index contributed by atoms with van der Waals surface area (Å²) in [5.41, 5.74) is 0. The second kappa shape index (κ2) is 6.02. The Morgan fingerprint density at radius 3 is 2.36 bits per heavy atom. The van der Waals surface area contributed by atoms with Crippen LogP contribution in [0.3, 0.4) is 0 Å². The van der Waals surface area contributed by atoms with Crippen molar-refractivity contribution in [1.29, 1.82) is 0 Å². The van der Waals surface area contributed by atoms with Gasteiger partial charge in [0.1, 0.15) is 0 Å². The van der Waals surface area contributed by atoms with Gasteiger partial charge < -0.3 is 10.2 Å². The van der Waals surface area contributed by atoms with E-state index in [1.165, 1.54) is 0 Å². The molecular weight excluding hydrogens is 176 g/mol. The van der Waals surface area contributed by atoms with Gasteiger partial charge in [-0.05, 0) is 45.7 Å². The molecule has 0 unspecified atom stereocenters. The van der Waals surface area contributed by atoms with Crippen molar-refractivity contribution in [1.82, 2.24) is 10.2 Å². The monoisotopic (exact) mass is 198 g/mol. The molecule has 1 N–H and O–H groups in total. The Morgan fingerprint density at radius 2 is 1.86 bits per heavy atom. The molecule has 0 aromatic rings. The molecule has 1 saturated heterocycles. The van der Waals surface area contributed by atoms with Gasteiger partial charge in [0, 0.05) is 19.5 Å². The minimum atomic E-state index is 0.335. The van der Waals surface area contributed by atoms with Gasteiger partial charge in [0.25, 0.3) is 0 Å². The zero-order valence-electron chi connectivity index (χ0n) is 9.38. The quantitative estimate of drug-likeness (QED) is 0.737. The number of hydrogen-bond donors (Lipinski definition) is 1. The van der Waals surface area contributed by atoms with Gasteiger partial charge in [-0.25, -0.2) is 0 Å². The molecule has 0 radical (unpaired) electrons. The lowest BCUT2D eigenvalue weighted by Crippen LogP contribution is -2.35. The van der Waals surface area contributed by atoms with Gasteiger partial charge in [0.05, 0.1) is 0 Å². The molecule has 82 valence electrons. The Bertz CT molecular complexity index is 172. The summed E-state index contributed by atoms with van der Waals surface area (Å²) in [7, 11) is 0. The fourth-order valence-corrected chi connectivity index (χ4v) is 2.04. The third-order valence-corrected chi connectivity index (χ3v) is 3.04. The summed E-state index contributed by atoms with van der Waals surface area (Å²) in [6.07, 6.45) is 3.07. The topological polar surface area (TPSA) is 32.3 Å². The van der Waals surface area contributed by atoms with Crippen LogP contribution in [0.25, 0.3) is 0 Å². The predicted octanol–water partition coefficient (Wildman–Crippen LogP) is 1.24. The molecule has 0 aromatic heterocycles. The molecule has 14 heavy (non-hydrogen) atoms. The third kappa shape index (κ3) is 3.29. The molecule has 1 amide bonds. The smallest absolute Gasteiger partial charge is 0.222 e. The molecule has 0 spiro atoms. The van der Waals surface area contributed by atoms with E-state index in [1.54, 1.807) is 0 Å². The van der Waals surface area contributed by atoms with Crippen LogP contribution in [-0.2, 0) is 4.79 Å². The van der Waals surface area contributed by atoms with Gasteiger partial charge in [-0.15, -0.1) is 0 Å². The van der Waals surface area contributed by atoms with Crippen LogP contribution in [0.4, 0.5) is 0 Å². The molecule has 0 bridgehead atoms. The molecule has 0 aliphatic carbocycles. The van der Waals surface area contributed by atoms with Crippen molar-refractivity contribution in [3.05, 3.63) is 0 Å². The molecule has 1 aliphatic rings. The van der Waals surface area contributed by atoms with Crippen LogP contribution >= 0.6 is 0 Å². The van der Waals surface area contributed by atoms with Crippen LogP contribution in [0.2, 0.25) is 0 Å². The van der Waals surface area contributed by atoms with E-state index < -0.39 is 0 Å². The average Bonchev–Trinajstić information content (AvgIpc) is 2.21. The minimum absolute atomic E-state index is 0.335. The van der Waals surface area contributed by atoms with Crippen LogP contribution in [0.1, 0.15) is 33.1 Å². The molecule has 0 atom stereocenters. The Balaban J connectivity index is 2.30.